The summed E-state index contributed by atoms with van der Waals surface area (Å²) in [6.07, 6.45) is 0.388. The quantitative estimate of drug-likeness (QED) is 0.763. The van der Waals surface area contributed by atoms with Gasteiger partial charge in [-0.25, -0.2) is 0 Å². The van der Waals surface area contributed by atoms with Gasteiger partial charge in [-0.05, 0) is 12.5 Å². The normalized spacial score (nSPS) is 21.2. The highest BCUT2D eigenvalue weighted by atomic mass is 16.2. The monoisotopic (exact) mass is 245 g/mol. The number of carbonyl (C=O) groups is 2. The van der Waals surface area contributed by atoms with Crippen molar-refractivity contribution in [3.8, 4) is 0 Å². The van der Waals surface area contributed by atoms with Gasteiger partial charge in [0.25, 0.3) is 5.91 Å². The zero-order chi connectivity index (χ0) is 13.1. The molecule has 0 radical (unpaired) electrons. The molecule has 0 aliphatic carbocycles. The molecular weight excluding hydrogens is 230 g/mol. The van der Waals surface area contributed by atoms with Crippen LogP contribution < -0.4 is 11.1 Å². The van der Waals surface area contributed by atoms with E-state index < -0.39 is 11.8 Å². The minimum absolute atomic E-state index is 0.148. The molecule has 0 bridgehead atoms. The van der Waals surface area contributed by atoms with Crippen molar-refractivity contribution >= 4 is 17.6 Å². The van der Waals surface area contributed by atoms with E-state index in [1.54, 1.807) is 31.2 Å². The molecule has 2 rings (SSSR count). The summed E-state index contributed by atoms with van der Waals surface area (Å²) in [6.45, 7) is 1.79. The summed E-state index contributed by atoms with van der Waals surface area (Å²) in [4.78, 5) is 27.7. The zero-order valence-corrected chi connectivity index (χ0v) is 10.1. The fourth-order valence-electron chi connectivity index (χ4n) is 1.89. The van der Waals surface area contributed by atoms with Gasteiger partial charge in [0.05, 0.1) is 0 Å². The van der Waals surface area contributed by atoms with Gasteiger partial charge in [0.1, 0.15) is 11.8 Å². The number of nitrogens with zero attached hydrogens (tertiary/aromatic N) is 1. The van der Waals surface area contributed by atoms with Crippen LogP contribution in [-0.2, 0) is 9.59 Å². The van der Waals surface area contributed by atoms with Gasteiger partial charge in [-0.15, -0.1) is 0 Å². The molecule has 5 heteroatoms. The van der Waals surface area contributed by atoms with Crippen molar-refractivity contribution in [3.05, 3.63) is 35.9 Å². The Morgan fingerprint density at radius 2 is 2.00 bits per heavy atom. The first kappa shape index (κ1) is 12.4. The first-order valence-electron chi connectivity index (χ1n) is 5.80. The van der Waals surface area contributed by atoms with E-state index >= 15 is 0 Å². The molecule has 0 aromatic heterocycles. The Kier molecular flexibility index (Phi) is 3.53. The number of hydrogen-bond donors (Lipinski definition) is 2. The Bertz CT molecular complexity index is 494. The molecule has 1 aliphatic rings. The second-order valence-electron chi connectivity index (χ2n) is 4.41. The van der Waals surface area contributed by atoms with E-state index in [0.29, 0.717) is 17.8 Å². The Morgan fingerprint density at radius 3 is 2.56 bits per heavy atom. The van der Waals surface area contributed by atoms with Crippen molar-refractivity contribution in [3.63, 3.8) is 0 Å². The van der Waals surface area contributed by atoms with E-state index in [2.05, 4.69) is 10.3 Å². The van der Waals surface area contributed by atoms with Gasteiger partial charge in [0, 0.05) is 12.5 Å². The molecule has 3 N–H and O–H groups in total. The molecule has 0 fully saturated rings. The van der Waals surface area contributed by atoms with Crippen molar-refractivity contribution in [1.29, 1.82) is 0 Å². The minimum Gasteiger partial charge on any atom is -0.328 e. The molecular formula is C13H15N3O2. The average molecular weight is 245 g/mol. The average Bonchev–Trinajstić information content (AvgIpc) is 2.28. The van der Waals surface area contributed by atoms with Gasteiger partial charge >= 0.3 is 0 Å². The number of amides is 2. The van der Waals surface area contributed by atoms with Crippen molar-refractivity contribution < 1.29 is 9.59 Å². The molecule has 2 atom stereocenters. The van der Waals surface area contributed by atoms with Crippen LogP contribution in [0.4, 0.5) is 0 Å². The number of hydrogen-bond acceptors (Lipinski definition) is 3. The van der Waals surface area contributed by atoms with Gasteiger partial charge < -0.3 is 11.1 Å². The lowest BCUT2D eigenvalue weighted by Gasteiger charge is -2.21. The molecule has 1 aromatic carbocycles. The van der Waals surface area contributed by atoms with Crippen molar-refractivity contribution in [2.24, 2.45) is 10.7 Å². The summed E-state index contributed by atoms with van der Waals surface area (Å²) in [7, 11) is 0. The van der Waals surface area contributed by atoms with Crippen LogP contribution in [-0.4, -0.2) is 23.7 Å². The number of nitrogens with one attached hydrogen (secondary N) is 1. The highest BCUT2D eigenvalue weighted by Crippen LogP contribution is 2.20. The van der Waals surface area contributed by atoms with Crippen LogP contribution in [0.3, 0.4) is 0 Å². The van der Waals surface area contributed by atoms with Gasteiger partial charge in [-0.2, -0.15) is 4.99 Å². The molecule has 2 unspecified atom stereocenters. The topological polar surface area (TPSA) is 84.5 Å². The first-order chi connectivity index (χ1) is 8.58. The predicted molar refractivity (Wildman–Crippen MR) is 68.0 cm³/mol. The number of aliphatic imine (C=N–C) groups is 1. The molecule has 94 valence electrons. The van der Waals surface area contributed by atoms with Crippen LogP contribution in [0, 0.1) is 0 Å². The van der Waals surface area contributed by atoms with E-state index in [0.717, 1.165) is 0 Å². The molecule has 0 spiro atoms. The molecule has 1 aromatic rings. The van der Waals surface area contributed by atoms with Gasteiger partial charge in [0.2, 0.25) is 5.91 Å². The summed E-state index contributed by atoms with van der Waals surface area (Å²) in [5.74, 6) is -1.26. The third-order valence-corrected chi connectivity index (χ3v) is 2.67. The second kappa shape index (κ2) is 5.10. The van der Waals surface area contributed by atoms with E-state index in [1.165, 1.54) is 0 Å². The molecule has 5 nitrogen and oxygen atoms in total. The first-order valence-corrected chi connectivity index (χ1v) is 5.80. The lowest BCUT2D eigenvalue weighted by molar-refractivity contribution is -0.129. The molecule has 2 amide bonds. The number of nitrogens with two attached hydrogens (primary N) is 1. The molecule has 0 saturated heterocycles. The van der Waals surface area contributed by atoms with Gasteiger partial charge in [-0.1, -0.05) is 30.3 Å². The van der Waals surface area contributed by atoms with Crippen LogP contribution in [0.25, 0.3) is 0 Å². The number of benzene rings is 1. The maximum absolute atomic E-state index is 11.9. The Labute approximate surface area is 105 Å². The van der Waals surface area contributed by atoms with Crippen LogP contribution in [0.2, 0.25) is 0 Å². The van der Waals surface area contributed by atoms with Crippen molar-refractivity contribution in [2.45, 2.75) is 25.3 Å². The smallest absolute Gasteiger partial charge is 0.264 e. The summed E-state index contributed by atoms with van der Waals surface area (Å²) in [5.41, 5.74) is 6.27. The standard InChI is InChI=1S/C13H15N3O2/c1-8(14)7-10-15-12(17)11(13(18)16-10)9-5-3-2-4-6-9/h2-6,8,11H,7,14H2,1H3,(H,15,16,17,18). The van der Waals surface area contributed by atoms with Crippen LogP contribution in [0.1, 0.15) is 24.8 Å². The summed E-state index contributed by atoms with van der Waals surface area (Å²) < 4.78 is 0. The number of carbonyl (C=O) groups excluding carboxylic acids is 2. The SMILES string of the molecule is CC(N)CC1=NC(=O)C(c2ccccc2)C(=O)N1. The molecule has 18 heavy (non-hydrogen) atoms. The zero-order valence-electron chi connectivity index (χ0n) is 10.1. The number of rotatable bonds is 3. The maximum atomic E-state index is 11.9. The lowest BCUT2D eigenvalue weighted by atomic mass is 9.96. The van der Waals surface area contributed by atoms with Gasteiger partial charge in [-0.3, -0.25) is 9.59 Å². The Balaban J connectivity index is 2.24. The third kappa shape index (κ3) is 2.62. The fourth-order valence-corrected chi connectivity index (χ4v) is 1.89. The summed E-state index contributed by atoms with van der Waals surface area (Å²) in [6, 6.07) is 8.75. The van der Waals surface area contributed by atoms with Crippen LogP contribution >= 0.6 is 0 Å². The highest BCUT2D eigenvalue weighted by molar-refractivity contribution is 6.19. The largest absolute Gasteiger partial charge is 0.328 e. The Hall–Kier alpha value is -2.01. The van der Waals surface area contributed by atoms with Crippen molar-refractivity contribution in [2.75, 3.05) is 0 Å². The Morgan fingerprint density at radius 1 is 1.33 bits per heavy atom. The maximum Gasteiger partial charge on any atom is 0.264 e. The van der Waals surface area contributed by atoms with Crippen LogP contribution in [0.5, 0.6) is 0 Å². The van der Waals surface area contributed by atoms with E-state index in [4.69, 9.17) is 5.73 Å². The number of amidine groups is 1. The highest BCUT2D eigenvalue weighted by Gasteiger charge is 2.33. The second-order valence-corrected chi connectivity index (χ2v) is 4.41. The molecule has 1 aliphatic heterocycles. The fraction of sp³-hybridized carbons (Fsp3) is 0.308. The molecule has 0 saturated carbocycles. The predicted octanol–water partition coefficient (Wildman–Crippen LogP) is 0.562. The summed E-state index contributed by atoms with van der Waals surface area (Å²) >= 11 is 0. The van der Waals surface area contributed by atoms with Crippen molar-refractivity contribution in [1.82, 2.24) is 5.32 Å². The summed E-state index contributed by atoms with van der Waals surface area (Å²) in [5, 5.41) is 2.64. The third-order valence-electron chi connectivity index (χ3n) is 2.67. The molecule has 1 heterocycles. The minimum atomic E-state index is -0.844. The van der Waals surface area contributed by atoms with E-state index in [9.17, 15) is 9.59 Å². The van der Waals surface area contributed by atoms with E-state index in [1.807, 2.05) is 6.07 Å². The lowest BCUT2D eigenvalue weighted by Crippen LogP contribution is -2.44. The van der Waals surface area contributed by atoms with Gasteiger partial charge in [0.15, 0.2) is 0 Å². The van der Waals surface area contributed by atoms with Crippen LogP contribution in [0.15, 0.2) is 35.3 Å². The van der Waals surface area contributed by atoms with E-state index in [-0.39, 0.29) is 11.9 Å².